The molecule has 25 heavy (non-hydrogen) atoms. The van der Waals surface area contributed by atoms with Gasteiger partial charge in [-0.05, 0) is 43.0 Å². The van der Waals surface area contributed by atoms with Gasteiger partial charge in [0.1, 0.15) is 4.90 Å². The van der Waals surface area contributed by atoms with Gasteiger partial charge in [-0.15, -0.1) is 11.8 Å². The summed E-state index contributed by atoms with van der Waals surface area (Å²) in [5.41, 5.74) is 1.00. The molecule has 0 radical (unpaired) electrons. The lowest BCUT2D eigenvalue weighted by Crippen LogP contribution is -2.32. The molecule has 8 heteroatoms. The van der Waals surface area contributed by atoms with Gasteiger partial charge in [0.05, 0.1) is 6.04 Å². The molecule has 0 aliphatic heterocycles. The quantitative estimate of drug-likeness (QED) is 0.688. The van der Waals surface area contributed by atoms with Crippen molar-refractivity contribution in [2.24, 2.45) is 0 Å². The van der Waals surface area contributed by atoms with Crippen molar-refractivity contribution in [2.45, 2.75) is 29.2 Å². The fraction of sp³-hybridized carbons (Fsp3) is 0.294. The van der Waals surface area contributed by atoms with Gasteiger partial charge < -0.3 is 5.32 Å². The standard InChI is InChI=1S/C17H21N3O3S2/c1-13(14-5-7-15(24-2)8-6-14)20-17(21)9-11-19-25(22,23)16-4-3-10-18-12-16/h3-8,10,12-13,19H,9,11H2,1-2H3,(H,20,21)/t13-/m0/s1. The molecule has 0 bridgehead atoms. The lowest BCUT2D eigenvalue weighted by Gasteiger charge is -2.15. The molecule has 0 saturated carbocycles. The van der Waals surface area contributed by atoms with Crippen molar-refractivity contribution in [3.8, 4) is 0 Å². The minimum Gasteiger partial charge on any atom is -0.350 e. The predicted molar refractivity (Wildman–Crippen MR) is 98.8 cm³/mol. The molecule has 0 unspecified atom stereocenters. The maximum atomic E-state index is 12.0. The Morgan fingerprint density at radius 1 is 1.24 bits per heavy atom. The van der Waals surface area contributed by atoms with E-state index >= 15 is 0 Å². The molecule has 2 aromatic rings. The Hall–Kier alpha value is -1.90. The molecule has 0 fully saturated rings. The number of hydrogen-bond acceptors (Lipinski definition) is 5. The maximum Gasteiger partial charge on any atom is 0.242 e. The number of nitrogens with zero attached hydrogens (tertiary/aromatic N) is 1. The summed E-state index contributed by atoms with van der Waals surface area (Å²) in [5.74, 6) is -0.213. The van der Waals surface area contributed by atoms with E-state index in [0.29, 0.717) is 0 Å². The molecule has 0 aliphatic carbocycles. The van der Waals surface area contributed by atoms with E-state index in [-0.39, 0.29) is 29.8 Å². The van der Waals surface area contributed by atoms with E-state index in [1.807, 2.05) is 37.4 Å². The fourth-order valence-corrected chi connectivity index (χ4v) is 3.58. The lowest BCUT2D eigenvalue weighted by atomic mass is 10.1. The first-order valence-corrected chi connectivity index (χ1v) is 10.5. The van der Waals surface area contributed by atoms with Crippen LogP contribution >= 0.6 is 11.8 Å². The van der Waals surface area contributed by atoms with E-state index < -0.39 is 10.0 Å². The third-order valence-electron chi connectivity index (χ3n) is 3.58. The zero-order valence-corrected chi connectivity index (χ0v) is 15.7. The number of nitrogens with one attached hydrogen (secondary N) is 2. The summed E-state index contributed by atoms with van der Waals surface area (Å²) in [5, 5.41) is 2.87. The Bertz CT molecular complexity index is 794. The van der Waals surface area contributed by atoms with Crippen LogP contribution in [0.2, 0.25) is 0 Å². The maximum absolute atomic E-state index is 12.0. The fourth-order valence-electron chi connectivity index (χ4n) is 2.18. The van der Waals surface area contributed by atoms with Crippen molar-refractivity contribution in [3.05, 3.63) is 54.4 Å². The van der Waals surface area contributed by atoms with Gasteiger partial charge in [0, 0.05) is 30.3 Å². The topological polar surface area (TPSA) is 88.2 Å². The Kier molecular flexibility index (Phi) is 6.98. The number of rotatable bonds is 8. The predicted octanol–water partition coefficient (Wildman–Crippen LogP) is 2.35. The Morgan fingerprint density at radius 3 is 2.56 bits per heavy atom. The van der Waals surface area contributed by atoms with Crippen molar-refractivity contribution in [2.75, 3.05) is 12.8 Å². The average Bonchev–Trinajstić information content (AvgIpc) is 2.62. The molecule has 0 aliphatic rings. The first-order valence-electron chi connectivity index (χ1n) is 7.75. The van der Waals surface area contributed by atoms with Crippen LogP contribution in [0.5, 0.6) is 0 Å². The summed E-state index contributed by atoms with van der Waals surface area (Å²) in [4.78, 5) is 17.0. The number of thioether (sulfide) groups is 1. The van der Waals surface area contributed by atoms with Crippen LogP contribution in [0, 0.1) is 0 Å². The van der Waals surface area contributed by atoms with Gasteiger partial charge in [0.2, 0.25) is 15.9 Å². The summed E-state index contributed by atoms with van der Waals surface area (Å²) in [7, 11) is -3.64. The van der Waals surface area contributed by atoms with Gasteiger partial charge in [-0.3, -0.25) is 9.78 Å². The number of benzene rings is 1. The number of carbonyl (C=O) groups is 1. The van der Waals surface area contributed by atoms with Crippen LogP contribution in [0.4, 0.5) is 0 Å². The van der Waals surface area contributed by atoms with Gasteiger partial charge in [0.15, 0.2) is 0 Å². The highest BCUT2D eigenvalue weighted by atomic mass is 32.2. The molecular weight excluding hydrogens is 358 g/mol. The molecule has 1 aromatic carbocycles. The van der Waals surface area contributed by atoms with E-state index in [1.165, 1.54) is 18.5 Å². The van der Waals surface area contributed by atoms with E-state index in [9.17, 15) is 13.2 Å². The van der Waals surface area contributed by atoms with Gasteiger partial charge in [-0.1, -0.05) is 12.1 Å². The van der Waals surface area contributed by atoms with Crippen molar-refractivity contribution in [1.29, 1.82) is 0 Å². The van der Waals surface area contributed by atoms with Crippen LogP contribution in [0.25, 0.3) is 0 Å². The summed E-state index contributed by atoms with van der Waals surface area (Å²) < 4.78 is 26.5. The average molecular weight is 380 g/mol. The summed E-state index contributed by atoms with van der Waals surface area (Å²) in [6.07, 6.45) is 4.84. The minimum atomic E-state index is -3.64. The highest BCUT2D eigenvalue weighted by molar-refractivity contribution is 7.98. The zero-order chi connectivity index (χ0) is 18.3. The number of sulfonamides is 1. The second kappa shape index (κ2) is 8.98. The normalized spacial score (nSPS) is 12.6. The van der Waals surface area contributed by atoms with Gasteiger partial charge in [-0.2, -0.15) is 0 Å². The van der Waals surface area contributed by atoms with Crippen LogP contribution in [-0.4, -0.2) is 32.1 Å². The molecule has 1 aromatic heterocycles. The highest BCUT2D eigenvalue weighted by Gasteiger charge is 2.15. The third kappa shape index (κ3) is 5.84. The van der Waals surface area contributed by atoms with Gasteiger partial charge >= 0.3 is 0 Å². The second-order valence-electron chi connectivity index (χ2n) is 5.40. The van der Waals surface area contributed by atoms with Crippen LogP contribution in [0.15, 0.2) is 58.6 Å². The van der Waals surface area contributed by atoms with Crippen LogP contribution in [0.1, 0.15) is 24.9 Å². The highest BCUT2D eigenvalue weighted by Crippen LogP contribution is 2.18. The second-order valence-corrected chi connectivity index (χ2v) is 8.05. The largest absolute Gasteiger partial charge is 0.350 e. The van der Waals surface area contributed by atoms with E-state index in [2.05, 4.69) is 15.0 Å². The summed E-state index contributed by atoms with van der Waals surface area (Å²) >= 11 is 1.66. The van der Waals surface area contributed by atoms with E-state index in [0.717, 1.165) is 10.5 Å². The smallest absolute Gasteiger partial charge is 0.242 e. The molecule has 6 nitrogen and oxygen atoms in total. The number of amides is 1. The van der Waals surface area contributed by atoms with E-state index in [4.69, 9.17) is 0 Å². The molecule has 1 amide bonds. The van der Waals surface area contributed by atoms with E-state index in [1.54, 1.807) is 17.8 Å². The molecular formula is C17H21N3O3S2. The van der Waals surface area contributed by atoms with Crippen molar-refractivity contribution in [1.82, 2.24) is 15.0 Å². The van der Waals surface area contributed by atoms with Gasteiger partial charge in [0.25, 0.3) is 0 Å². The van der Waals surface area contributed by atoms with Crippen LogP contribution in [-0.2, 0) is 14.8 Å². The summed E-state index contributed by atoms with van der Waals surface area (Å²) in [6.45, 7) is 1.92. The third-order valence-corrected chi connectivity index (χ3v) is 5.77. The number of pyridine rings is 1. The van der Waals surface area contributed by atoms with Crippen LogP contribution < -0.4 is 10.0 Å². The van der Waals surface area contributed by atoms with Crippen molar-refractivity contribution < 1.29 is 13.2 Å². The molecule has 1 atom stereocenters. The number of hydrogen-bond donors (Lipinski definition) is 2. The molecule has 2 rings (SSSR count). The minimum absolute atomic E-state index is 0.0290. The lowest BCUT2D eigenvalue weighted by molar-refractivity contribution is -0.121. The van der Waals surface area contributed by atoms with Crippen molar-refractivity contribution in [3.63, 3.8) is 0 Å². The Labute approximate surface area is 152 Å². The molecule has 0 saturated heterocycles. The molecule has 0 spiro atoms. The Morgan fingerprint density at radius 2 is 1.96 bits per heavy atom. The zero-order valence-electron chi connectivity index (χ0n) is 14.1. The molecule has 134 valence electrons. The number of carbonyl (C=O) groups excluding carboxylic acids is 1. The SMILES string of the molecule is CSc1ccc([C@H](C)NC(=O)CCNS(=O)(=O)c2cccnc2)cc1. The first kappa shape index (κ1) is 19.4. The van der Waals surface area contributed by atoms with Crippen LogP contribution in [0.3, 0.4) is 0 Å². The molecule has 2 N–H and O–H groups in total. The number of aromatic nitrogens is 1. The van der Waals surface area contributed by atoms with Gasteiger partial charge in [-0.25, -0.2) is 13.1 Å². The monoisotopic (exact) mass is 379 g/mol. The Balaban J connectivity index is 1.82. The summed E-state index contributed by atoms with van der Waals surface area (Å²) in [6, 6.07) is 10.8. The first-order chi connectivity index (χ1) is 11.9. The molecule has 1 heterocycles. The van der Waals surface area contributed by atoms with Crippen molar-refractivity contribution >= 4 is 27.7 Å².